The normalized spacial score (nSPS) is 9.94. The molecule has 2 aromatic heterocycles. The van der Waals surface area contributed by atoms with E-state index in [9.17, 15) is 0 Å². The molecule has 0 aliphatic carbocycles. The van der Waals surface area contributed by atoms with Gasteiger partial charge in [0.1, 0.15) is 12.4 Å². The Kier molecular flexibility index (Phi) is 4.39. The van der Waals surface area contributed by atoms with Gasteiger partial charge in [0.15, 0.2) is 0 Å². The molecule has 88 valence electrons. The highest BCUT2D eigenvalue weighted by molar-refractivity contribution is 7.10. The van der Waals surface area contributed by atoms with Gasteiger partial charge in [-0.05, 0) is 18.2 Å². The van der Waals surface area contributed by atoms with E-state index in [0.29, 0.717) is 19.8 Å². The summed E-state index contributed by atoms with van der Waals surface area (Å²) in [4.78, 5) is 1.15. The van der Waals surface area contributed by atoms with Crippen LogP contribution in [-0.4, -0.2) is 6.54 Å². The van der Waals surface area contributed by atoms with Crippen molar-refractivity contribution in [1.29, 1.82) is 0 Å². The Hall–Kier alpha value is -1.54. The minimum Gasteiger partial charge on any atom is -0.467 e. The molecule has 0 atom stereocenters. The third-order valence-electron chi connectivity index (χ3n) is 2.06. The fraction of sp³-hybridized carbons (Fsp3) is 0.231. The van der Waals surface area contributed by atoms with Crippen LogP contribution in [0.25, 0.3) is 0 Å². The van der Waals surface area contributed by atoms with Crippen molar-refractivity contribution in [2.24, 2.45) is 5.73 Å². The smallest absolute Gasteiger partial charge is 0.129 e. The van der Waals surface area contributed by atoms with Crippen LogP contribution in [0.1, 0.15) is 16.2 Å². The summed E-state index contributed by atoms with van der Waals surface area (Å²) in [6.07, 6.45) is 1.64. The van der Waals surface area contributed by atoms with Gasteiger partial charge >= 0.3 is 0 Å². The first-order valence-electron chi connectivity index (χ1n) is 5.25. The van der Waals surface area contributed by atoms with E-state index in [1.165, 1.54) is 0 Å². The van der Waals surface area contributed by atoms with Crippen molar-refractivity contribution < 1.29 is 9.15 Å². The first-order chi connectivity index (χ1) is 8.38. The summed E-state index contributed by atoms with van der Waals surface area (Å²) in [5.74, 6) is 6.65. The van der Waals surface area contributed by atoms with Crippen molar-refractivity contribution in [2.75, 3.05) is 6.54 Å². The van der Waals surface area contributed by atoms with Gasteiger partial charge in [0.05, 0.1) is 19.4 Å². The molecule has 2 heterocycles. The highest BCUT2D eigenvalue weighted by Gasteiger charge is 2.00. The number of hydrogen-bond donors (Lipinski definition) is 1. The molecule has 0 amide bonds. The molecule has 4 heteroatoms. The maximum absolute atomic E-state index is 5.53. The van der Waals surface area contributed by atoms with Crippen LogP contribution in [0, 0.1) is 11.8 Å². The van der Waals surface area contributed by atoms with Gasteiger partial charge in [0.2, 0.25) is 0 Å². The lowest BCUT2D eigenvalue weighted by molar-refractivity contribution is 0.0948. The molecule has 0 radical (unpaired) electrons. The van der Waals surface area contributed by atoms with Crippen molar-refractivity contribution in [1.82, 2.24) is 0 Å². The zero-order chi connectivity index (χ0) is 11.9. The zero-order valence-corrected chi connectivity index (χ0v) is 10.1. The van der Waals surface area contributed by atoms with Gasteiger partial charge in [0.25, 0.3) is 0 Å². The molecular formula is C13H13NO2S. The molecule has 2 rings (SSSR count). The third kappa shape index (κ3) is 3.75. The first-order valence-corrected chi connectivity index (χ1v) is 6.13. The Labute approximate surface area is 104 Å². The number of ether oxygens (including phenoxy) is 1. The van der Waals surface area contributed by atoms with E-state index in [1.54, 1.807) is 17.6 Å². The number of nitrogens with two attached hydrogens (primary N) is 1. The van der Waals surface area contributed by atoms with Crippen LogP contribution in [0.15, 0.2) is 34.3 Å². The summed E-state index contributed by atoms with van der Waals surface area (Å²) in [6.45, 7) is 1.46. The van der Waals surface area contributed by atoms with Crippen LogP contribution in [0.5, 0.6) is 0 Å². The summed E-state index contributed by atoms with van der Waals surface area (Å²) in [7, 11) is 0. The molecule has 0 unspecified atom stereocenters. The lowest BCUT2D eigenvalue weighted by Gasteiger charge is -1.98. The van der Waals surface area contributed by atoms with Crippen LogP contribution in [0.2, 0.25) is 0 Å². The van der Waals surface area contributed by atoms with Gasteiger partial charge in [-0.2, -0.15) is 0 Å². The minimum absolute atomic E-state index is 0.389. The van der Waals surface area contributed by atoms with Crippen molar-refractivity contribution in [3.8, 4) is 11.8 Å². The van der Waals surface area contributed by atoms with Crippen molar-refractivity contribution in [3.63, 3.8) is 0 Å². The topological polar surface area (TPSA) is 48.4 Å². The SMILES string of the molecule is NCC#Cc1csc(COCc2ccco2)c1. The van der Waals surface area contributed by atoms with E-state index in [2.05, 4.69) is 11.8 Å². The van der Waals surface area contributed by atoms with E-state index >= 15 is 0 Å². The van der Waals surface area contributed by atoms with E-state index in [4.69, 9.17) is 14.9 Å². The predicted octanol–water partition coefficient (Wildman–Crippen LogP) is 2.37. The number of rotatable bonds is 4. The second kappa shape index (κ2) is 6.26. The van der Waals surface area contributed by atoms with Crippen molar-refractivity contribution in [2.45, 2.75) is 13.2 Å². The molecule has 0 spiro atoms. The molecule has 0 aromatic carbocycles. The molecule has 2 N–H and O–H groups in total. The van der Waals surface area contributed by atoms with E-state index in [0.717, 1.165) is 16.2 Å². The predicted molar refractivity (Wildman–Crippen MR) is 67.5 cm³/mol. The van der Waals surface area contributed by atoms with Gasteiger partial charge in [-0.3, -0.25) is 0 Å². The van der Waals surface area contributed by atoms with E-state index < -0.39 is 0 Å². The van der Waals surface area contributed by atoms with Crippen molar-refractivity contribution >= 4 is 11.3 Å². The molecule has 0 saturated carbocycles. The highest BCUT2D eigenvalue weighted by Crippen LogP contribution is 2.15. The maximum Gasteiger partial charge on any atom is 0.129 e. The first kappa shape index (κ1) is 11.9. The second-order valence-corrected chi connectivity index (χ2v) is 4.38. The Bertz CT molecular complexity index is 505. The lowest BCUT2D eigenvalue weighted by Crippen LogP contribution is -1.92. The van der Waals surface area contributed by atoms with E-state index in [1.807, 2.05) is 23.6 Å². The molecule has 0 fully saturated rings. The lowest BCUT2D eigenvalue weighted by atomic mass is 10.3. The van der Waals surface area contributed by atoms with Crippen LogP contribution in [0.4, 0.5) is 0 Å². The van der Waals surface area contributed by atoms with Gasteiger partial charge in [-0.1, -0.05) is 11.8 Å². The summed E-state index contributed by atoms with van der Waals surface area (Å²) >= 11 is 1.64. The van der Waals surface area contributed by atoms with E-state index in [-0.39, 0.29) is 0 Å². The standard InChI is InChI=1S/C13H13NO2S/c14-5-1-3-11-7-13(17-10-11)9-15-8-12-4-2-6-16-12/h2,4,6-7,10H,5,8-9,14H2. The fourth-order valence-electron chi connectivity index (χ4n) is 1.32. The van der Waals surface area contributed by atoms with Gasteiger partial charge in [-0.25, -0.2) is 0 Å². The summed E-state index contributed by atoms with van der Waals surface area (Å²) < 4.78 is 10.7. The number of furan rings is 1. The fourth-order valence-corrected chi connectivity index (χ4v) is 2.07. The summed E-state index contributed by atoms with van der Waals surface area (Å²) in [5.41, 5.74) is 6.31. The molecule has 0 aliphatic rings. The number of hydrogen-bond acceptors (Lipinski definition) is 4. The summed E-state index contributed by atoms with van der Waals surface area (Å²) in [6, 6.07) is 5.77. The van der Waals surface area contributed by atoms with Crippen LogP contribution in [0.3, 0.4) is 0 Å². The second-order valence-electron chi connectivity index (χ2n) is 3.38. The van der Waals surface area contributed by atoms with Crippen LogP contribution < -0.4 is 5.73 Å². The molecule has 2 aromatic rings. The third-order valence-corrected chi connectivity index (χ3v) is 2.97. The molecular weight excluding hydrogens is 234 g/mol. The Balaban J connectivity index is 1.81. The Morgan fingerprint density at radius 1 is 1.41 bits per heavy atom. The quantitative estimate of drug-likeness (QED) is 0.844. The van der Waals surface area contributed by atoms with Gasteiger partial charge in [0, 0.05) is 15.8 Å². The van der Waals surface area contributed by atoms with Gasteiger partial charge in [-0.15, -0.1) is 11.3 Å². The average Bonchev–Trinajstić information content (AvgIpc) is 2.98. The van der Waals surface area contributed by atoms with Crippen LogP contribution in [-0.2, 0) is 18.0 Å². The molecule has 0 saturated heterocycles. The molecule has 0 aliphatic heterocycles. The minimum atomic E-state index is 0.389. The monoisotopic (exact) mass is 247 g/mol. The number of thiophene rings is 1. The van der Waals surface area contributed by atoms with Crippen molar-refractivity contribution in [3.05, 3.63) is 46.0 Å². The largest absolute Gasteiger partial charge is 0.467 e. The average molecular weight is 247 g/mol. The Morgan fingerprint density at radius 2 is 2.35 bits per heavy atom. The Morgan fingerprint density at radius 3 is 3.12 bits per heavy atom. The van der Waals surface area contributed by atoms with Gasteiger partial charge < -0.3 is 14.9 Å². The maximum atomic E-state index is 5.53. The summed E-state index contributed by atoms with van der Waals surface area (Å²) in [5, 5.41) is 2.01. The molecule has 17 heavy (non-hydrogen) atoms. The van der Waals surface area contributed by atoms with Crippen LogP contribution >= 0.6 is 11.3 Å². The zero-order valence-electron chi connectivity index (χ0n) is 9.31. The highest BCUT2D eigenvalue weighted by atomic mass is 32.1. The molecule has 0 bridgehead atoms. The molecule has 3 nitrogen and oxygen atoms in total.